The molecule has 0 aromatic heterocycles. The van der Waals surface area contributed by atoms with E-state index < -0.39 is 10.0 Å². The van der Waals surface area contributed by atoms with Gasteiger partial charge in [0.2, 0.25) is 10.0 Å². The zero-order valence-electron chi connectivity index (χ0n) is 15.7. The molecule has 0 radical (unpaired) electrons. The van der Waals surface area contributed by atoms with Crippen molar-refractivity contribution in [1.29, 1.82) is 0 Å². The van der Waals surface area contributed by atoms with Crippen molar-refractivity contribution in [2.45, 2.75) is 42.9 Å². The summed E-state index contributed by atoms with van der Waals surface area (Å²) in [5.41, 5.74) is 1.25. The van der Waals surface area contributed by atoms with Crippen LogP contribution in [0.25, 0.3) is 0 Å². The van der Waals surface area contributed by atoms with Crippen LogP contribution in [0, 0.1) is 0 Å². The second kappa shape index (κ2) is 9.24. The van der Waals surface area contributed by atoms with Gasteiger partial charge in [0.25, 0.3) is 0 Å². The SMILES string of the molecule is COc1cccc(OCCNS(=O)(=O)c2ccc(C3CCCCC3)cc2)c1. The third-order valence-electron chi connectivity index (χ3n) is 4.97. The van der Waals surface area contributed by atoms with E-state index in [2.05, 4.69) is 4.72 Å². The Hall–Kier alpha value is -2.05. The Bertz CT molecular complexity index is 828. The van der Waals surface area contributed by atoms with Crippen LogP contribution < -0.4 is 14.2 Å². The van der Waals surface area contributed by atoms with Gasteiger partial charge in [-0.2, -0.15) is 0 Å². The number of methoxy groups -OCH3 is 1. The van der Waals surface area contributed by atoms with Gasteiger partial charge in [0.05, 0.1) is 12.0 Å². The van der Waals surface area contributed by atoms with E-state index in [0.29, 0.717) is 22.3 Å². The molecule has 0 bridgehead atoms. The molecule has 5 nitrogen and oxygen atoms in total. The van der Waals surface area contributed by atoms with E-state index >= 15 is 0 Å². The highest BCUT2D eigenvalue weighted by Crippen LogP contribution is 2.32. The van der Waals surface area contributed by atoms with Crippen LogP contribution >= 0.6 is 0 Å². The number of benzene rings is 2. The Kier molecular flexibility index (Phi) is 6.74. The Labute approximate surface area is 161 Å². The molecule has 1 fully saturated rings. The summed E-state index contributed by atoms with van der Waals surface area (Å²) in [6.07, 6.45) is 6.24. The molecule has 1 aliphatic carbocycles. The fourth-order valence-electron chi connectivity index (χ4n) is 3.47. The molecule has 27 heavy (non-hydrogen) atoms. The molecule has 0 spiro atoms. The van der Waals surface area contributed by atoms with E-state index in [0.717, 1.165) is 0 Å². The molecule has 0 unspecified atom stereocenters. The molecule has 1 N–H and O–H groups in total. The first-order valence-corrected chi connectivity index (χ1v) is 10.9. The smallest absolute Gasteiger partial charge is 0.240 e. The number of nitrogens with one attached hydrogen (secondary N) is 1. The average molecular weight is 390 g/mol. The molecule has 2 aromatic rings. The fourth-order valence-corrected chi connectivity index (χ4v) is 4.49. The molecule has 0 aliphatic heterocycles. The summed E-state index contributed by atoms with van der Waals surface area (Å²) in [6, 6.07) is 14.5. The van der Waals surface area contributed by atoms with Crippen LogP contribution in [-0.2, 0) is 10.0 Å². The van der Waals surface area contributed by atoms with Crippen molar-refractivity contribution in [3.8, 4) is 11.5 Å². The molecular weight excluding hydrogens is 362 g/mol. The van der Waals surface area contributed by atoms with Gasteiger partial charge in [-0.1, -0.05) is 37.5 Å². The number of ether oxygens (including phenoxy) is 2. The van der Waals surface area contributed by atoms with Crippen LogP contribution in [0.2, 0.25) is 0 Å². The molecule has 0 saturated heterocycles. The van der Waals surface area contributed by atoms with Gasteiger partial charge in [-0.25, -0.2) is 13.1 Å². The predicted molar refractivity (Wildman–Crippen MR) is 106 cm³/mol. The van der Waals surface area contributed by atoms with Crippen LogP contribution in [0.1, 0.15) is 43.6 Å². The zero-order valence-corrected chi connectivity index (χ0v) is 16.5. The van der Waals surface area contributed by atoms with Crippen LogP contribution in [0.5, 0.6) is 11.5 Å². The van der Waals surface area contributed by atoms with Gasteiger partial charge in [0, 0.05) is 12.6 Å². The predicted octanol–water partition coefficient (Wildman–Crippen LogP) is 4.10. The van der Waals surface area contributed by atoms with E-state index in [1.165, 1.54) is 37.7 Å². The number of sulfonamides is 1. The lowest BCUT2D eigenvalue weighted by atomic mass is 9.84. The minimum absolute atomic E-state index is 0.198. The zero-order chi connectivity index (χ0) is 19.1. The summed E-state index contributed by atoms with van der Waals surface area (Å²) in [6.45, 7) is 0.441. The van der Waals surface area contributed by atoms with Gasteiger partial charge in [-0.15, -0.1) is 0 Å². The van der Waals surface area contributed by atoms with E-state index in [4.69, 9.17) is 9.47 Å². The van der Waals surface area contributed by atoms with Crippen LogP contribution in [-0.4, -0.2) is 28.7 Å². The number of hydrogen-bond donors (Lipinski definition) is 1. The van der Waals surface area contributed by atoms with Gasteiger partial charge in [0.1, 0.15) is 18.1 Å². The van der Waals surface area contributed by atoms with Crippen molar-refractivity contribution in [3.63, 3.8) is 0 Å². The molecule has 0 amide bonds. The normalized spacial score (nSPS) is 15.4. The monoisotopic (exact) mass is 389 g/mol. The molecule has 1 aliphatic rings. The lowest BCUT2D eigenvalue weighted by Gasteiger charge is -2.22. The second-order valence-corrected chi connectivity index (χ2v) is 8.60. The third kappa shape index (κ3) is 5.47. The standard InChI is InChI=1S/C21H27NO4S/c1-25-19-8-5-9-20(16-19)26-15-14-22-27(23,24)21-12-10-18(11-13-21)17-6-3-2-4-7-17/h5,8-13,16-17,22H,2-4,6-7,14-15H2,1H3. The quantitative estimate of drug-likeness (QED) is 0.691. The highest BCUT2D eigenvalue weighted by molar-refractivity contribution is 7.89. The first-order chi connectivity index (χ1) is 13.1. The van der Waals surface area contributed by atoms with Crippen LogP contribution in [0.3, 0.4) is 0 Å². The molecular formula is C21H27NO4S. The lowest BCUT2D eigenvalue weighted by molar-refractivity contribution is 0.320. The topological polar surface area (TPSA) is 64.6 Å². The fraction of sp³-hybridized carbons (Fsp3) is 0.429. The van der Waals surface area contributed by atoms with Crippen LogP contribution in [0.15, 0.2) is 53.4 Å². The van der Waals surface area contributed by atoms with Gasteiger partial charge in [-0.3, -0.25) is 0 Å². The summed E-state index contributed by atoms with van der Waals surface area (Å²) in [5, 5.41) is 0. The summed E-state index contributed by atoms with van der Waals surface area (Å²) < 4.78 is 38.2. The highest BCUT2D eigenvalue weighted by Gasteiger charge is 2.17. The molecule has 0 heterocycles. The Balaban J connectivity index is 1.51. The second-order valence-electron chi connectivity index (χ2n) is 6.83. The maximum absolute atomic E-state index is 12.4. The van der Waals surface area contributed by atoms with Gasteiger partial charge >= 0.3 is 0 Å². The molecule has 2 aromatic carbocycles. The minimum atomic E-state index is -3.53. The van der Waals surface area contributed by atoms with Crippen molar-refractivity contribution >= 4 is 10.0 Å². The van der Waals surface area contributed by atoms with E-state index in [-0.39, 0.29) is 13.2 Å². The molecule has 1 saturated carbocycles. The Morgan fingerprint density at radius 2 is 1.70 bits per heavy atom. The van der Waals surface area contributed by atoms with Crippen molar-refractivity contribution in [1.82, 2.24) is 4.72 Å². The van der Waals surface area contributed by atoms with Crippen molar-refractivity contribution in [2.75, 3.05) is 20.3 Å². The summed E-state index contributed by atoms with van der Waals surface area (Å²) >= 11 is 0. The van der Waals surface area contributed by atoms with Gasteiger partial charge in [-0.05, 0) is 48.6 Å². The van der Waals surface area contributed by atoms with Gasteiger partial charge < -0.3 is 9.47 Å². The van der Waals surface area contributed by atoms with E-state index in [9.17, 15) is 8.42 Å². The molecule has 3 rings (SSSR count). The lowest BCUT2D eigenvalue weighted by Crippen LogP contribution is -2.28. The maximum atomic E-state index is 12.4. The van der Waals surface area contributed by atoms with E-state index in [1.54, 1.807) is 31.4 Å². The Morgan fingerprint density at radius 3 is 2.41 bits per heavy atom. The van der Waals surface area contributed by atoms with E-state index in [1.807, 2.05) is 24.3 Å². The summed E-state index contributed by atoms with van der Waals surface area (Å²) in [7, 11) is -1.94. The number of rotatable bonds is 8. The van der Waals surface area contributed by atoms with Crippen molar-refractivity contribution in [2.24, 2.45) is 0 Å². The minimum Gasteiger partial charge on any atom is -0.497 e. The Morgan fingerprint density at radius 1 is 1.00 bits per heavy atom. The van der Waals surface area contributed by atoms with Gasteiger partial charge in [0.15, 0.2) is 0 Å². The number of hydrogen-bond acceptors (Lipinski definition) is 4. The average Bonchev–Trinajstić information content (AvgIpc) is 2.72. The molecule has 146 valence electrons. The maximum Gasteiger partial charge on any atom is 0.240 e. The first-order valence-electron chi connectivity index (χ1n) is 9.45. The van der Waals surface area contributed by atoms with Crippen molar-refractivity contribution < 1.29 is 17.9 Å². The highest BCUT2D eigenvalue weighted by atomic mass is 32.2. The first kappa shape index (κ1) is 19.7. The van der Waals surface area contributed by atoms with Crippen LogP contribution in [0.4, 0.5) is 0 Å². The summed E-state index contributed by atoms with van der Waals surface area (Å²) in [4.78, 5) is 0.295. The molecule has 0 atom stereocenters. The molecule has 6 heteroatoms. The third-order valence-corrected chi connectivity index (χ3v) is 6.45. The summed E-state index contributed by atoms with van der Waals surface area (Å²) in [5.74, 6) is 1.91. The van der Waals surface area contributed by atoms with Crippen molar-refractivity contribution in [3.05, 3.63) is 54.1 Å². The largest absolute Gasteiger partial charge is 0.497 e.